The first-order valence-electron chi connectivity index (χ1n) is 20.2. The highest BCUT2D eigenvalue weighted by Crippen LogP contribution is 2.44. The first-order valence-corrected chi connectivity index (χ1v) is 20.2. The molecule has 12 aromatic rings. The van der Waals surface area contributed by atoms with E-state index < -0.39 is 0 Å². The molecule has 0 spiro atoms. The number of hydrogen-bond acceptors (Lipinski definition) is 2. The molecule has 0 radical (unpaired) electrons. The summed E-state index contributed by atoms with van der Waals surface area (Å²) in [5.41, 5.74) is 13.4. The highest BCUT2D eigenvalue weighted by Gasteiger charge is 2.19. The highest BCUT2D eigenvalue weighted by atomic mass is 16.3. The highest BCUT2D eigenvalue weighted by molar-refractivity contribution is 6.15. The van der Waals surface area contributed by atoms with Gasteiger partial charge in [-0.2, -0.15) is 0 Å². The van der Waals surface area contributed by atoms with Crippen molar-refractivity contribution in [3.05, 3.63) is 218 Å². The fourth-order valence-corrected chi connectivity index (χ4v) is 9.17. The lowest BCUT2D eigenvalue weighted by Crippen LogP contribution is -2.10. The third kappa shape index (κ3) is 5.44. The van der Waals surface area contributed by atoms with E-state index in [1.165, 1.54) is 54.5 Å². The quantitative estimate of drug-likeness (QED) is 0.158. The first-order chi connectivity index (χ1) is 29.2. The zero-order valence-corrected chi connectivity index (χ0v) is 32.1. The van der Waals surface area contributed by atoms with Gasteiger partial charge in [-0.25, -0.2) is 0 Å². The Morgan fingerprint density at radius 3 is 1.59 bits per heavy atom. The Bertz CT molecular complexity index is 3540. The summed E-state index contributed by atoms with van der Waals surface area (Å²) in [4.78, 5) is 2.41. The van der Waals surface area contributed by atoms with Crippen LogP contribution in [-0.4, -0.2) is 4.57 Å². The van der Waals surface area contributed by atoms with E-state index in [1.54, 1.807) is 0 Å². The van der Waals surface area contributed by atoms with Crippen molar-refractivity contribution in [2.24, 2.45) is 0 Å². The summed E-state index contributed by atoms with van der Waals surface area (Å²) in [6.45, 7) is 0. The third-order valence-electron chi connectivity index (χ3n) is 12.0. The maximum absolute atomic E-state index is 6.14. The molecule has 0 atom stereocenters. The second-order valence-electron chi connectivity index (χ2n) is 15.3. The van der Waals surface area contributed by atoms with Crippen molar-refractivity contribution in [1.82, 2.24) is 4.57 Å². The van der Waals surface area contributed by atoms with E-state index in [0.717, 1.165) is 55.8 Å². The smallest absolute Gasteiger partial charge is 0.135 e. The molecule has 0 fully saturated rings. The van der Waals surface area contributed by atoms with Crippen LogP contribution in [0.25, 0.3) is 93.2 Å². The van der Waals surface area contributed by atoms with Gasteiger partial charge in [-0.1, -0.05) is 140 Å². The Labute approximate surface area is 341 Å². The number of nitrogens with zero attached hydrogens (tertiary/aromatic N) is 2. The van der Waals surface area contributed by atoms with Gasteiger partial charge >= 0.3 is 0 Å². The number of hydrogen-bond donors (Lipinski definition) is 0. The number of fused-ring (bicyclic) bond motifs is 9. The second kappa shape index (κ2) is 13.4. The van der Waals surface area contributed by atoms with Crippen molar-refractivity contribution in [2.45, 2.75) is 0 Å². The summed E-state index contributed by atoms with van der Waals surface area (Å²) in [7, 11) is 0. The van der Waals surface area contributed by atoms with Gasteiger partial charge in [-0.15, -0.1) is 0 Å². The van der Waals surface area contributed by atoms with Gasteiger partial charge in [-0.05, 0) is 117 Å². The minimum absolute atomic E-state index is 0.906. The van der Waals surface area contributed by atoms with Gasteiger partial charge < -0.3 is 13.9 Å². The van der Waals surface area contributed by atoms with Gasteiger partial charge in [-0.3, -0.25) is 0 Å². The molecule has 0 N–H and O–H groups in total. The molecule has 276 valence electrons. The van der Waals surface area contributed by atoms with Crippen molar-refractivity contribution in [1.29, 1.82) is 0 Å². The normalized spacial score (nSPS) is 11.7. The van der Waals surface area contributed by atoms with E-state index in [-0.39, 0.29) is 0 Å². The lowest BCUT2D eigenvalue weighted by Gasteiger charge is -2.28. The van der Waals surface area contributed by atoms with Gasteiger partial charge in [0.05, 0.1) is 16.7 Å². The van der Waals surface area contributed by atoms with Crippen molar-refractivity contribution in [3.63, 3.8) is 0 Å². The summed E-state index contributed by atoms with van der Waals surface area (Å²) in [5, 5.41) is 9.67. The van der Waals surface area contributed by atoms with Crippen LogP contribution in [0.4, 0.5) is 17.1 Å². The maximum Gasteiger partial charge on any atom is 0.135 e. The van der Waals surface area contributed by atoms with Gasteiger partial charge in [0.2, 0.25) is 0 Å². The van der Waals surface area contributed by atoms with E-state index in [9.17, 15) is 0 Å². The molecule has 0 amide bonds. The van der Waals surface area contributed by atoms with Crippen molar-refractivity contribution in [3.8, 4) is 27.9 Å². The summed E-state index contributed by atoms with van der Waals surface area (Å²) >= 11 is 0. The topological polar surface area (TPSA) is 21.3 Å². The van der Waals surface area contributed by atoms with E-state index in [1.807, 2.05) is 12.1 Å². The predicted molar refractivity (Wildman–Crippen MR) is 249 cm³/mol. The molecule has 0 aliphatic rings. The molecule has 0 saturated carbocycles. The minimum atomic E-state index is 0.906. The predicted octanol–water partition coefficient (Wildman–Crippen LogP) is 15.8. The number of anilines is 3. The lowest BCUT2D eigenvalue weighted by atomic mass is 9.98. The van der Waals surface area contributed by atoms with E-state index in [0.29, 0.717) is 0 Å². The molecule has 0 bridgehead atoms. The molecular weight excluding hydrogens is 717 g/mol. The molecule has 0 unspecified atom stereocenters. The summed E-state index contributed by atoms with van der Waals surface area (Å²) < 4.78 is 8.51. The van der Waals surface area contributed by atoms with Gasteiger partial charge in [0.25, 0.3) is 0 Å². The number of rotatable bonds is 6. The number of benzene rings is 10. The lowest BCUT2D eigenvalue weighted by molar-refractivity contribution is 0.669. The molecule has 2 heterocycles. The van der Waals surface area contributed by atoms with E-state index >= 15 is 0 Å². The van der Waals surface area contributed by atoms with Crippen LogP contribution in [0, 0.1) is 0 Å². The largest absolute Gasteiger partial charge is 0.456 e. The molecule has 3 heteroatoms. The van der Waals surface area contributed by atoms with Crippen molar-refractivity contribution < 1.29 is 4.42 Å². The molecule has 59 heavy (non-hydrogen) atoms. The summed E-state index contributed by atoms with van der Waals surface area (Å²) in [6, 6.07) is 78.8. The Morgan fingerprint density at radius 2 is 0.847 bits per heavy atom. The van der Waals surface area contributed by atoms with Gasteiger partial charge in [0, 0.05) is 44.0 Å². The van der Waals surface area contributed by atoms with Crippen molar-refractivity contribution in [2.75, 3.05) is 4.90 Å². The summed E-state index contributed by atoms with van der Waals surface area (Å²) in [5.74, 6) is 0. The van der Waals surface area contributed by atoms with Gasteiger partial charge in [0.15, 0.2) is 0 Å². The monoisotopic (exact) mass is 752 g/mol. The number of furan rings is 1. The molecule has 12 rings (SSSR count). The summed E-state index contributed by atoms with van der Waals surface area (Å²) in [6.07, 6.45) is 0. The van der Waals surface area contributed by atoms with Crippen LogP contribution in [0.2, 0.25) is 0 Å². The fourth-order valence-electron chi connectivity index (χ4n) is 9.17. The van der Waals surface area contributed by atoms with E-state index in [2.05, 4.69) is 216 Å². The van der Waals surface area contributed by atoms with Crippen LogP contribution < -0.4 is 4.90 Å². The molecule has 2 aromatic heterocycles. The van der Waals surface area contributed by atoms with E-state index in [4.69, 9.17) is 4.42 Å². The molecule has 0 aliphatic heterocycles. The van der Waals surface area contributed by atoms with Crippen LogP contribution in [-0.2, 0) is 0 Å². The molecule has 0 aliphatic carbocycles. The van der Waals surface area contributed by atoms with Crippen LogP contribution in [0.3, 0.4) is 0 Å². The molecular formula is C56H36N2O. The third-order valence-corrected chi connectivity index (χ3v) is 12.0. The average molecular weight is 753 g/mol. The molecule has 10 aromatic carbocycles. The van der Waals surface area contributed by atoms with Crippen molar-refractivity contribution >= 4 is 82.4 Å². The molecule has 0 saturated heterocycles. The van der Waals surface area contributed by atoms with Gasteiger partial charge in [0.1, 0.15) is 11.2 Å². The Morgan fingerprint density at radius 1 is 0.322 bits per heavy atom. The standard InChI is InChI=1S/C56H36N2O/c1-2-13-42(14-3-1)58-52-20-10-8-18-48(52)50-34-39(26-32-53(50)58)37-22-28-43(29-23-37)57(54-36-41-12-4-5-15-45(41)46-16-6-7-17-47(46)54)44-30-24-38(25-31-44)40-27-33-56-51(35-40)49-19-9-11-21-55(49)59-56/h1-36H. The number of para-hydroxylation sites is 3. The zero-order chi connectivity index (χ0) is 38.9. The van der Waals surface area contributed by atoms with Crippen LogP contribution in [0.15, 0.2) is 223 Å². The maximum atomic E-state index is 6.14. The first kappa shape index (κ1) is 33.3. The van der Waals surface area contributed by atoms with Crippen LogP contribution in [0.1, 0.15) is 0 Å². The SMILES string of the molecule is c1ccc(-n2c3ccccc3c3cc(-c4ccc(N(c5ccc(-c6ccc7oc8ccccc8c7c6)cc5)c5cc6ccccc6c6ccccc56)cc4)ccc32)cc1. The number of aromatic nitrogens is 1. The Kier molecular flexibility index (Phi) is 7.54. The molecule has 3 nitrogen and oxygen atoms in total. The minimum Gasteiger partial charge on any atom is -0.456 e. The average Bonchev–Trinajstić information content (AvgIpc) is 3.85. The Balaban J connectivity index is 0.981. The van der Waals surface area contributed by atoms with Crippen LogP contribution in [0.5, 0.6) is 0 Å². The van der Waals surface area contributed by atoms with Crippen LogP contribution >= 0.6 is 0 Å². The second-order valence-corrected chi connectivity index (χ2v) is 15.3. The Hall–Kier alpha value is -7.88. The fraction of sp³-hybridized carbons (Fsp3) is 0. The zero-order valence-electron chi connectivity index (χ0n) is 32.1.